The zero-order valence-corrected chi connectivity index (χ0v) is 17.7. The molecule has 10 heteroatoms. The summed E-state index contributed by atoms with van der Waals surface area (Å²) in [6.45, 7) is 5.87. The van der Waals surface area contributed by atoms with Gasteiger partial charge in [-0.1, -0.05) is 13.8 Å². The Labute approximate surface area is 170 Å². The van der Waals surface area contributed by atoms with Crippen molar-refractivity contribution in [2.75, 3.05) is 18.6 Å². The predicted molar refractivity (Wildman–Crippen MR) is 108 cm³/mol. The van der Waals surface area contributed by atoms with Crippen LogP contribution in [0.2, 0.25) is 0 Å². The average molecular weight is 417 g/mol. The van der Waals surface area contributed by atoms with Gasteiger partial charge >= 0.3 is 5.97 Å². The Morgan fingerprint density at radius 3 is 2.29 bits per heavy atom. The van der Waals surface area contributed by atoms with Crippen molar-refractivity contribution in [3.63, 3.8) is 0 Å². The van der Waals surface area contributed by atoms with Crippen molar-refractivity contribution in [1.82, 2.24) is 21.3 Å². The quantitative estimate of drug-likeness (QED) is 0.312. The fourth-order valence-corrected chi connectivity index (χ4v) is 3.33. The van der Waals surface area contributed by atoms with Crippen molar-refractivity contribution < 1.29 is 24.3 Å². The number of amides is 3. The van der Waals surface area contributed by atoms with Crippen LogP contribution in [0.3, 0.4) is 0 Å². The molecular weight excluding hydrogens is 384 g/mol. The fourth-order valence-electron chi connectivity index (χ4n) is 2.86. The lowest BCUT2D eigenvalue weighted by Crippen LogP contribution is -2.57. The Bertz CT molecular complexity index is 566. The lowest BCUT2D eigenvalue weighted by atomic mass is 10.0. The van der Waals surface area contributed by atoms with Crippen LogP contribution in [0.25, 0.3) is 0 Å². The van der Waals surface area contributed by atoms with Crippen LogP contribution in [0.15, 0.2) is 0 Å². The third kappa shape index (κ3) is 7.67. The van der Waals surface area contributed by atoms with E-state index in [2.05, 4.69) is 21.3 Å². The van der Waals surface area contributed by atoms with E-state index < -0.39 is 35.9 Å². The topological polar surface area (TPSA) is 137 Å². The van der Waals surface area contributed by atoms with Gasteiger partial charge in [0.05, 0.1) is 6.04 Å². The summed E-state index contributed by atoms with van der Waals surface area (Å²) in [5.74, 6) is -1.97. The van der Waals surface area contributed by atoms with E-state index in [9.17, 15) is 24.3 Å². The maximum absolute atomic E-state index is 12.6. The molecular formula is C18H32N4O5S. The number of rotatable bonds is 11. The van der Waals surface area contributed by atoms with E-state index in [1.807, 2.05) is 6.26 Å². The van der Waals surface area contributed by atoms with Gasteiger partial charge in [0.25, 0.3) is 0 Å². The Kier molecular flexibility index (Phi) is 10.3. The van der Waals surface area contributed by atoms with Crippen molar-refractivity contribution in [3.8, 4) is 0 Å². The van der Waals surface area contributed by atoms with Crippen LogP contribution >= 0.6 is 11.8 Å². The Balaban J connectivity index is 2.63. The molecule has 160 valence electrons. The molecule has 4 atom stereocenters. The predicted octanol–water partition coefficient (Wildman–Crippen LogP) is -0.294. The van der Waals surface area contributed by atoms with Crippen LogP contribution in [0.1, 0.15) is 40.0 Å². The average Bonchev–Trinajstić information content (AvgIpc) is 3.16. The smallest absolute Gasteiger partial charge is 0.326 e. The third-order valence-corrected chi connectivity index (χ3v) is 5.24. The minimum atomic E-state index is -1.11. The Hall–Kier alpha value is -1.81. The lowest BCUT2D eigenvalue weighted by Gasteiger charge is -2.25. The van der Waals surface area contributed by atoms with Gasteiger partial charge in [0, 0.05) is 0 Å². The first-order chi connectivity index (χ1) is 13.2. The van der Waals surface area contributed by atoms with Crippen LogP contribution in [-0.4, -0.2) is 71.5 Å². The number of thioether (sulfide) groups is 1. The number of carboxylic acid groups (broad SMARTS) is 1. The third-order valence-electron chi connectivity index (χ3n) is 4.60. The van der Waals surface area contributed by atoms with Gasteiger partial charge in [-0.15, -0.1) is 0 Å². The van der Waals surface area contributed by atoms with Gasteiger partial charge in [0.1, 0.15) is 18.1 Å². The van der Waals surface area contributed by atoms with E-state index in [1.165, 1.54) is 18.7 Å². The normalized spacial score (nSPS) is 19.5. The van der Waals surface area contributed by atoms with Gasteiger partial charge < -0.3 is 26.4 Å². The summed E-state index contributed by atoms with van der Waals surface area (Å²) in [5, 5.41) is 20.1. The molecule has 4 unspecified atom stereocenters. The summed E-state index contributed by atoms with van der Waals surface area (Å²) in [6.07, 6.45) is 3.78. The SMILES string of the molecule is CSCCC(NC(=O)C(C)NC(=O)C(NC(=O)C1CCCN1)C(C)C)C(=O)O. The second-order valence-corrected chi connectivity index (χ2v) is 8.28. The number of aliphatic carboxylic acids is 1. The molecule has 9 nitrogen and oxygen atoms in total. The molecule has 1 heterocycles. The zero-order chi connectivity index (χ0) is 21.3. The van der Waals surface area contributed by atoms with Crippen LogP contribution in [0.5, 0.6) is 0 Å². The van der Waals surface area contributed by atoms with Crippen molar-refractivity contribution >= 4 is 35.5 Å². The molecule has 0 bridgehead atoms. The largest absolute Gasteiger partial charge is 0.480 e. The highest BCUT2D eigenvalue weighted by Crippen LogP contribution is 2.08. The first kappa shape index (κ1) is 24.2. The molecule has 0 aromatic rings. The molecule has 1 rings (SSSR count). The molecule has 0 aromatic heterocycles. The van der Waals surface area contributed by atoms with Crippen molar-refractivity contribution in [2.24, 2.45) is 5.92 Å². The van der Waals surface area contributed by atoms with Crippen LogP contribution in [0.4, 0.5) is 0 Å². The summed E-state index contributed by atoms with van der Waals surface area (Å²) in [6, 6.07) is -3.01. The van der Waals surface area contributed by atoms with E-state index in [0.717, 1.165) is 19.4 Å². The highest BCUT2D eigenvalue weighted by atomic mass is 32.2. The van der Waals surface area contributed by atoms with E-state index in [0.29, 0.717) is 12.2 Å². The first-order valence-electron chi connectivity index (χ1n) is 9.53. The highest BCUT2D eigenvalue weighted by Gasteiger charge is 2.31. The summed E-state index contributed by atoms with van der Waals surface area (Å²) < 4.78 is 0. The summed E-state index contributed by atoms with van der Waals surface area (Å²) >= 11 is 1.49. The molecule has 1 aliphatic heterocycles. The number of carbonyl (C=O) groups is 4. The van der Waals surface area contributed by atoms with Crippen LogP contribution < -0.4 is 21.3 Å². The second-order valence-electron chi connectivity index (χ2n) is 7.29. The molecule has 5 N–H and O–H groups in total. The van der Waals surface area contributed by atoms with E-state index in [1.54, 1.807) is 13.8 Å². The van der Waals surface area contributed by atoms with Gasteiger partial charge in [-0.3, -0.25) is 14.4 Å². The monoisotopic (exact) mass is 416 g/mol. The summed E-state index contributed by atoms with van der Waals surface area (Å²) in [5.41, 5.74) is 0. The van der Waals surface area contributed by atoms with Gasteiger partial charge in [0.2, 0.25) is 17.7 Å². The fraction of sp³-hybridized carbons (Fsp3) is 0.778. The molecule has 1 fully saturated rings. The Morgan fingerprint density at radius 1 is 1.11 bits per heavy atom. The molecule has 0 aromatic carbocycles. The second kappa shape index (κ2) is 11.9. The molecule has 1 aliphatic rings. The molecule has 0 radical (unpaired) electrons. The van der Waals surface area contributed by atoms with Gasteiger partial charge in [0.15, 0.2) is 0 Å². The molecule has 0 aliphatic carbocycles. The molecule has 1 saturated heterocycles. The van der Waals surface area contributed by atoms with Gasteiger partial charge in [-0.25, -0.2) is 4.79 Å². The molecule has 0 saturated carbocycles. The van der Waals surface area contributed by atoms with E-state index in [-0.39, 0.29) is 17.9 Å². The summed E-state index contributed by atoms with van der Waals surface area (Å²) in [7, 11) is 0. The van der Waals surface area contributed by atoms with Gasteiger partial charge in [-0.2, -0.15) is 11.8 Å². The molecule has 3 amide bonds. The van der Waals surface area contributed by atoms with Gasteiger partial charge in [-0.05, 0) is 50.7 Å². The van der Waals surface area contributed by atoms with Crippen LogP contribution in [-0.2, 0) is 19.2 Å². The minimum Gasteiger partial charge on any atom is -0.480 e. The number of carboxylic acids is 1. The van der Waals surface area contributed by atoms with Crippen molar-refractivity contribution in [1.29, 1.82) is 0 Å². The van der Waals surface area contributed by atoms with Crippen molar-refractivity contribution in [3.05, 3.63) is 0 Å². The maximum Gasteiger partial charge on any atom is 0.326 e. The number of nitrogens with one attached hydrogen (secondary N) is 4. The van der Waals surface area contributed by atoms with Crippen molar-refractivity contribution in [2.45, 2.75) is 64.2 Å². The number of hydrogen-bond donors (Lipinski definition) is 5. The van der Waals surface area contributed by atoms with E-state index >= 15 is 0 Å². The molecule has 28 heavy (non-hydrogen) atoms. The maximum atomic E-state index is 12.6. The van der Waals surface area contributed by atoms with E-state index in [4.69, 9.17) is 0 Å². The standard InChI is InChI=1S/C18H32N4O5S/c1-10(2)14(22-16(24)12-6-5-8-19-12)17(25)20-11(3)15(23)21-13(18(26)27)7-9-28-4/h10-14,19H,5-9H2,1-4H3,(H,20,25)(H,21,23)(H,22,24)(H,26,27). The zero-order valence-electron chi connectivity index (χ0n) is 16.9. The Morgan fingerprint density at radius 2 is 1.79 bits per heavy atom. The number of hydrogen-bond acceptors (Lipinski definition) is 6. The highest BCUT2D eigenvalue weighted by molar-refractivity contribution is 7.98. The minimum absolute atomic E-state index is 0.172. The lowest BCUT2D eigenvalue weighted by molar-refractivity contribution is -0.142. The molecule has 0 spiro atoms. The number of carbonyl (C=O) groups excluding carboxylic acids is 3. The van der Waals surface area contributed by atoms with Crippen LogP contribution in [0, 0.1) is 5.92 Å². The first-order valence-corrected chi connectivity index (χ1v) is 10.9. The summed E-state index contributed by atoms with van der Waals surface area (Å²) in [4.78, 5) is 48.5.